The van der Waals surface area contributed by atoms with E-state index < -0.39 is 26.8 Å². The molecule has 0 radical (unpaired) electrons. The molecule has 2 aliphatic carbocycles. The summed E-state index contributed by atoms with van der Waals surface area (Å²) in [4.78, 5) is 0. The third kappa shape index (κ3) is 5.32. The molecule has 0 saturated heterocycles. The summed E-state index contributed by atoms with van der Waals surface area (Å²) in [6, 6.07) is 0. The fourth-order valence-corrected chi connectivity index (χ4v) is 24.9. The van der Waals surface area contributed by atoms with Gasteiger partial charge in [0.15, 0.2) is 0 Å². The van der Waals surface area contributed by atoms with Crippen LogP contribution in [0.25, 0.3) is 0 Å². The molecule has 0 fully saturated rings. The fourth-order valence-electron chi connectivity index (χ4n) is 3.80. The molecule has 0 aliphatic heterocycles. The molecule has 0 nitrogen and oxygen atoms in total. The monoisotopic (exact) mass is 463 g/mol. The first-order chi connectivity index (χ1) is 10.0. The minimum atomic E-state index is -1.65. The van der Waals surface area contributed by atoms with Crippen LogP contribution in [0.2, 0.25) is 13.1 Å². The van der Waals surface area contributed by atoms with Crippen LogP contribution in [0.4, 0.5) is 0 Å². The van der Waals surface area contributed by atoms with Gasteiger partial charge in [0, 0.05) is 0 Å². The fraction of sp³-hybridized carbons (Fsp3) is 0.600. The maximum absolute atomic E-state index is 2.62. The van der Waals surface area contributed by atoms with Crippen molar-refractivity contribution >= 4 is 30.7 Å². The minimum Gasteiger partial charge on any atom is -0.147 e. The number of hydrogen-bond acceptors (Lipinski definition) is 0. The summed E-state index contributed by atoms with van der Waals surface area (Å²) in [6.45, 7) is 19.6. The number of rotatable bonds is 3. The summed E-state index contributed by atoms with van der Waals surface area (Å²) >= 11 is -1.65. The summed E-state index contributed by atoms with van der Waals surface area (Å²) in [7, 11) is 0. The van der Waals surface area contributed by atoms with Gasteiger partial charge in [-0.15, -0.1) is 24.8 Å². The molecule has 0 bridgehead atoms. The SMILES string of the molecule is C[SiH](C)[Zr]([C]1=C(C(C)(C)C)C=CC1)[C]1=C(C(C)(C)C)C=CC1.Cl.Cl. The molecule has 0 atom stereocenters. The van der Waals surface area contributed by atoms with Crippen molar-refractivity contribution in [2.75, 3.05) is 0 Å². The summed E-state index contributed by atoms with van der Waals surface area (Å²) in [5.74, 6) is -0.612. The molecule has 0 N–H and O–H groups in total. The first-order valence-electron chi connectivity index (χ1n) is 8.71. The number of hydrogen-bond donors (Lipinski definition) is 0. The van der Waals surface area contributed by atoms with Crippen molar-refractivity contribution in [3.05, 3.63) is 42.0 Å². The summed E-state index contributed by atoms with van der Waals surface area (Å²) in [5.41, 5.74) is 4.00. The second kappa shape index (κ2) is 9.03. The molecule has 2 rings (SSSR count). The van der Waals surface area contributed by atoms with Crippen LogP contribution in [0.3, 0.4) is 0 Å². The molecule has 0 saturated carbocycles. The van der Waals surface area contributed by atoms with E-state index in [1.165, 1.54) is 12.8 Å². The van der Waals surface area contributed by atoms with Crippen LogP contribution in [-0.2, 0) is 20.9 Å². The molecular formula is C20H35Cl2SiZr. The van der Waals surface area contributed by atoms with E-state index in [-0.39, 0.29) is 24.8 Å². The number of allylic oxidation sites excluding steroid dienone is 8. The van der Waals surface area contributed by atoms with E-state index in [1.807, 2.05) is 6.56 Å². The van der Waals surface area contributed by atoms with Crippen LogP contribution in [0.5, 0.6) is 0 Å². The minimum absolute atomic E-state index is 0. The average Bonchev–Trinajstić information content (AvgIpc) is 2.95. The Kier molecular flexibility index (Phi) is 9.27. The predicted molar refractivity (Wildman–Crippen MR) is 114 cm³/mol. The zero-order chi connectivity index (χ0) is 16.7. The van der Waals surface area contributed by atoms with E-state index in [0.717, 1.165) is 0 Å². The van der Waals surface area contributed by atoms with Gasteiger partial charge < -0.3 is 0 Å². The standard InChI is InChI=1S/2C9H13.C2H7Si.2ClH.Zr/c2*1-9(2,3)8-6-4-5-7-8;1-3-2;;;/h2*4,6H,5H2,1-3H3;3H,1-2H3;2*1H;. The van der Waals surface area contributed by atoms with Crippen molar-refractivity contribution in [1.82, 2.24) is 0 Å². The zero-order valence-electron chi connectivity index (χ0n) is 16.6. The van der Waals surface area contributed by atoms with Crippen LogP contribution in [-0.4, -0.2) is 5.92 Å². The van der Waals surface area contributed by atoms with Crippen molar-refractivity contribution in [1.29, 1.82) is 0 Å². The van der Waals surface area contributed by atoms with Gasteiger partial charge in [0.2, 0.25) is 0 Å². The Morgan fingerprint density at radius 1 is 0.750 bits per heavy atom. The molecule has 0 aromatic heterocycles. The predicted octanol–water partition coefficient (Wildman–Crippen LogP) is 6.95. The van der Waals surface area contributed by atoms with E-state index >= 15 is 0 Å². The van der Waals surface area contributed by atoms with Gasteiger partial charge in [0.25, 0.3) is 0 Å². The molecule has 4 heteroatoms. The van der Waals surface area contributed by atoms with Crippen molar-refractivity contribution in [3.8, 4) is 0 Å². The average molecular weight is 466 g/mol. The Morgan fingerprint density at radius 2 is 1.08 bits per heavy atom. The van der Waals surface area contributed by atoms with E-state index in [1.54, 1.807) is 11.1 Å². The normalized spacial score (nSPS) is 17.5. The van der Waals surface area contributed by atoms with E-state index in [0.29, 0.717) is 10.8 Å². The third-order valence-corrected chi connectivity index (χ3v) is 24.0. The molecular weight excluding hydrogens is 430 g/mol. The molecule has 24 heavy (non-hydrogen) atoms. The van der Waals surface area contributed by atoms with E-state index in [4.69, 9.17) is 0 Å². The molecule has 137 valence electrons. The second-order valence-electron chi connectivity index (χ2n) is 9.07. The van der Waals surface area contributed by atoms with Crippen LogP contribution >= 0.6 is 24.8 Å². The topological polar surface area (TPSA) is 0 Å². The van der Waals surface area contributed by atoms with Crippen molar-refractivity contribution in [2.45, 2.75) is 67.5 Å². The van der Waals surface area contributed by atoms with Gasteiger partial charge >= 0.3 is 147 Å². The first kappa shape index (κ1) is 24.6. The molecule has 0 spiro atoms. The summed E-state index contributed by atoms with van der Waals surface area (Å²) < 4.78 is 3.86. The molecule has 0 heterocycles. The van der Waals surface area contributed by atoms with Crippen molar-refractivity contribution < 1.29 is 20.9 Å². The maximum atomic E-state index is 2.62. The quantitative estimate of drug-likeness (QED) is 0.396. The first-order valence-corrected chi connectivity index (χ1v) is 18.3. The van der Waals surface area contributed by atoms with Gasteiger partial charge in [-0.1, -0.05) is 0 Å². The van der Waals surface area contributed by atoms with E-state index in [9.17, 15) is 0 Å². The Labute approximate surface area is 171 Å². The molecule has 0 amide bonds. The molecule has 2 aliphatic rings. The van der Waals surface area contributed by atoms with Gasteiger partial charge in [-0.2, -0.15) is 0 Å². The van der Waals surface area contributed by atoms with Crippen LogP contribution in [0.15, 0.2) is 42.0 Å². The maximum Gasteiger partial charge on any atom is -0.147 e. The molecule has 0 aromatic carbocycles. The Morgan fingerprint density at radius 3 is 1.33 bits per heavy atom. The summed E-state index contributed by atoms with van der Waals surface area (Å²) in [6.07, 6.45) is 12.3. The zero-order valence-corrected chi connectivity index (χ0v) is 21.9. The molecule has 0 aromatic rings. The molecule has 0 unspecified atom stereocenters. The summed E-state index contributed by atoms with van der Waals surface area (Å²) in [5, 5.41) is 0. The Bertz CT molecular complexity index is 521. The smallest absolute Gasteiger partial charge is 0.147 e. The second-order valence-corrected chi connectivity index (χ2v) is 28.3. The van der Waals surface area contributed by atoms with Gasteiger partial charge in [0.05, 0.1) is 0 Å². The Balaban J connectivity index is 0.00000264. The third-order valence-electron chi connectivity index (χ3n) is 4.71. The van der Waals surface area contributed by atoms with Crippen LogP contribution in [0.1, 0.15) is 54.4 Å². The van der Waals surface area contributed by atoms with Crippen LogP contribution in [0, 0.1) is 10.8 Å². The largest absolute Gasteiger partial charge is 0.147 e. The van der Waals surface area contributed by atoms with Gasteiger partial charge in [-0.25, -0.2) is 0 Å². The van der Waals surface area contributed by atoms with Gasteiger partial charge in [0.1, 0.15) is 0 Å². The van der Waals surface area contributed by atoms with Crippen LogP contribution < -0.4 is 0 Å². The Hall–Kier alpha value is 0.640. The van der Waals surface area contributed by atoms with Crippen molar-refractivity contribution in [3.63, 3.8) is 0 Å². The number of halogens is 2. The van der Waals surface area contributed by atoms with Gasteiger partial charge in [-0.3, -0.25) is 0 Å². The van der Waals surface area contributed by atoms with E-state index in [2.05, 4.69) is 78.9 Å². The van der Waals surface area contributed by atoms with Gasteiger partial charge in [-0.05, 0) is 0 Å². The van der Waals surface area contributed by atoms with Crippen molar-refractivity contribution in [2.24, 2.45) is 10.8 Å².